The largest absolute Gasteiger partial charge is 0.375 e. The highest BCUT2D eigenvalue weighted by atomic mass is 16.3. The first-order valence-electron chi connectivity index (χ1n) is 3.15. The second kappa shape index (κ2) is 5.64. The molecule has 0 aliphatic rings. The molecule has 0 saturated heterocycles. The fourth-order valence-corrected chi connectivity index (χ4v) is 0.398. The summed E-state index contributed by atoms with van der Waals surface area (Å²) >= 11 is 0. The van der Waals surface area contributed by atoms with Crippen molar-refractivity contribution in [3.05, 3.63) is 25.3 Å². The van der Waals surface area contributed by atoms with E-state index in [1.54, 1.807) is 0 Å². The van der Waals surface area contributed by atoms with Crippen LogP contribution < -0.4 is 10.6 Å². The molecule has 0 aromatic heterocycles. The summed E-state index contributed by atoms with van der Waals surface area (Å²) in [6.07, 6.45) is 1.68. The molecule has 11 heavy (non-hydrogen) atoms. The molecule has 1 unspecified atom stereocenters. The Balaban J connectivity index is 3.33. The number of hydrogen-bond donors (Lipinski definition) is 3. The average molecular weight is 156 g/mol. The molecule has 62 valence electrons. The smallest absolute Gasteiger partial charge is 0.244 e. The van der Waals surface area contributed by atoms with Gasteiger partial charge in [0.15, 0.2) is 0 Å². The van der Waals surface area contributed by atoms with Crippen molar-refractivity contribution >= 4 is 5.91 Å². The predicted molar refractivity (Wildman–Crippen MR) is 42.5 cm³/mol. The SMILES string of the molecule is C=CC(=O)NCNC(O)C=C. The maximum absolute atomic E-state index is 10.5. The van der Waals surface area contributed by atoms with Crippen molar-refractivity contribution in [2.24, 2.45) is 0 Å². The van der Waals surface area contributed by atoms with Gasteiger partial charge in [0, 0.05) is 0 Å². The normalized spacial score (nSPS) is 11.7. The lowest BCUT2D eigenvalue weighted by Gasteiger charge is -2.07. The summed E-state index contributed by atoms with van der Waals surface area (Å²) in [7, 11) is 0. The fourth-order valence-electron chi connectivity index (χ4n) is 0.398. The second-order valence-corrected chi connectivity index (χ2v) is 1.81. The molecule has 0 aromatic rings. The minimum atomic E-state index is -0.792. The van der Waals surface area contributed by atoms with Crippen LogP contribution in [0.15, 0.2) is 25.3 Å². The van der Waals surface area contributed by atoms with Gasteiger partial charge in [-0.3, -0.25) is 10.1 Å². The molecule has 1 atom stereocenters. The maximum Gasteiger partial charge on any atom is 0.244 e. The lowest BCUT2D eigenvalue weighted by Crippen LogP contribution is -2.37. The van der Waals surface area contributed by atoms with E-state index >= 15 is 0 Å². The van der Waals surface area contributed by atoms with Crippen molar-refractivity contribution in [1.29, 1.82) is 0 Å². The zero-order valence-corrected chi connectivity index (χ0v) is 6.21. The Morgan fingerprint density at radius 2 is 2.27 bits per heavy atom. The molecule has 0 radical (unpaired) electrons. The highest BCUT2D eigenvalue weighted by Crippen LogP contribution is 1.73. The average Bonchev–Trinajstić information content (AvgIpc) is 2.04. The fraction of sp³-hybridized carbons (Fsp3) is 0.286. The number of nitrogens with one attached hydrogen (secondary N) is 2. The van der Waals surface area contributed by atoms with Crippen LogP contribution in [0, 0.1) is 0 Å². The molecule has 0 aliphatic carbocycles. The quantitative estimate of drug-likeness (QED) is 0.281. The molecular formula is C7H12N2O2. The zero-order valence-electron chi connectivity index (χ0n) is 6.21. The van der Waals surface area contributed by atoms with Crippen LogP contribution in [0.1, 0.15) is 0 Å². The standard InChI is InChI=1S/C7H12N2O2/c1-3-6(10)8-5-9-7(11)4-2/h3-4,6,8,10H,1-2,5H2,(H,9,11). The minimum absolute atomic E-state index is 0.192. The van der Waals surface area contributed by atoms with Gasteiger partial charge < -0.3 is 10.4 Å². The van der Waals surface area contributed by atoms with Gasteiger partial charge in [-0.1, -0.05) is 13.2 Å². The molecular weight excluding hydrogens is 144 g/mol. The van der Waals surface area contributed by atoms with Crippen LogP contribution in [0.4, 0.5) is 0 Å². The van der Waals surface area contributed by atoms with Gasteiger partial charge in [-0.05, 0) is 12.2 Å². The Morgan fingerprint density at radius 3 is 2.73 bits per heavy atom. The number of carbonyl (C=O) groups excluding carboxylic acids is 1. The molecule has 4 nitrogen and oxygen atoms in total. The topological polar surface area (TPSA) is 61.4 Å². The van der Waals surface area contributed by atoms with E-state index in [1.807, 2.05) is 0 Å². The summed E-state index contributed by atoms with van der Waals surface area (Å²) in [6.45, 7) is 6.78. The highest BCUT2D eigenvalue weighted by molar-refractivity contribution is 5.86. The van der Waals surface area contributed by atoms with E-state index < -0.39 is 6.23 Å². The Bertz CT molecular complexity index is 157. The Hall–Kier alpha value is -1.13. The van der Waals surface area contributed by atoms with E-state index in [4.69, 9.17) is 5.11 Å². The van der Waals surface area contributed by atoms with Gasteiger partial charge in [0.1, 0.15) is 6.23 Å². The maximum atomic E-state index is 10.5. The molecule has 0 fully saturated rings. The number of rotatable bonds is 5. The summed E-state index contributed by atoms with van der Waals surface area (Å²) in [5, 5.41) is 13.8. The van der Waals surface area contributed by atoms with Crippen LogP contribution in [-0.4, -0.2) is 23.9 Å². The van der Waals surface area contributed by atoms with Gasteiger partial charge in [-0.25, -0.2) is 0 Å². The number of amides is 1. The van der Waals surface area contributed by atoms with Crippen LogP contribution in [0.3, 0.4) is 0 Å². The Kier molecular flexibility index (Phi) is 5.06. The Labute approximate surface area is 65.6 Å². The molecule has 0 spiro atoms. The number of aliphatic hydroxyl groups excluding tert-OH is 1. The van der Waals surface area contributed by atoms with E-state index in [0.717, 1.165) is 6.08 Å². The highest BCUT2D eigenvalue weighted by Gasteiger charge is 1.95. The van der Waals surface area contributed by atoms with Crippen LogP contribution in [0.25, 0.3) is 0 Å². The van der Waals surface area contributed by atoms with Crippen LogP contribution in [-0.2, 0) is 4.79 Å². The summed E-state index contributed by atoms with van der Waals surface area (Å²) in [5.74, 6) is -0.284. The van der Waals surface area contributed by atoms with E-state index in [9.17, 15) is 4.79 Å². The second-order valence-electron chi connectivity index (χ2n) is 1.81. The van der Waals surface area contributed by atoms with Crippen molar-refractivity contribution in [3.8, 4) is 0 Å². The first kappa shape index (κ1) is 9.87. The van der Waals surface area contributed by atoms with Gasteiger partial charge >= 0.3 is 0 Å². The third-order valence-electron chi connectivity index (χ3n) is 0.982. The molecule has 0 saturated carbocycles. The van der Waals surface area contributed by atoms with Gasteiger partial charge in [0.2, 0.25) is 5.91 Å². The van der Waals surface area contributed by atoms with E-state index in [1.165, 1.54) is 6.08 Å². The van der Waals surface area contributed by atoms with E-state index in [2.05, 4.69) is 23.8 Å². The first-order chi connectivity index (χ1) is 5.20. The zero-order chi connectivity index (χ0) is 8.69. The van der Waals surface area contributed by atoms with Crippen molar-refractivity contribution in [2.45, 2.75) is 6.23 Å². The molecule has 3 N–H and O–H groups in total. The molecule has 0 aliphatic heterocycles. The molecule has 1 amide bonds. The van der Waals surface area contributed by atoms with Crippen molar-refractivity contribution in [3.63, 3.8) is 0 Å². The predicted octanol–water partition coefficient (Wildman–Crippen LogP) is -0.660. The lowest BCUT2D eigenvalue weighted by atomic mass is 10.5. The van der Waals surface area contributed by atoms with Gasteiger partial charge in [0.25, 0.3) is 0 Å². The summed E-state index contributed by atoms with van der Waals surface area (Å²) in [4.78, 5) is 10.5. The molecule has 4 heteroatoms. The number of aliphatic hydroxyl groups is 1. The van der Waals surface area contributed by atoms with Gasteiger partial charge in [-0.2, -0.15) is 0 Å². The van der Waals surface area contributed by atoms with Crippen LogP contribution in [0.5, 0.6) is 0 Å². The first-order valence-corrected chi connectivity index (χ1v) is 3.15. The van der Waals surface area contributed by atoms with Gasteiger partial charge in [0.05, 0.1) is 6.67 Å². The van der Waals surface area contributed by atoms with Crippen molar-refractivity contribution in [2.75, 3.05) is 6.67 Å². The van der Waals surface area contributed by atoms with Crippen molar-refractivity contribution < 1.29 is 9.90 Å². The minimum Gasteiger partial charge on any atom is -0.375 e. The number of carbonyl (C=O) groups is 1. The third kappa shape index (κ3) is 5.32. The summed E-state index contributed by atoms with van der Waals surface area (Å²) < 4.78 is 0. The van der Waals surface area contributed by atoms with Gasteiger partial charge in [-0.15, -0.1) is 0 Å². The molecule has 0 heterocycles. The monoisotopic (exact) mass is 156 g/mol. The molecule has 0 rings (SSSR count). The summed E-state index contributed by atoms with van der Waals surface area (Å²) in [6, 6.07) is 0. The van der Waals surface area contributed by atoms with Crippen molar-refractivity contribution in [1.82, 2.24) is 10.6 Å². The van der Waals surface area contributed by atoms with E-state index in [0.29, 0.717) is 0 Å². The Morgan fingerprint density at radius 1 is 1.64 bits per heavy atom. The van der Waals surface area contributed by atoms with Crippen LogP contribution in [0.2, 0.25) is 0 Å². The molecule has 0 bridgehead atoms. The number of hydrogen-bond acceptors (Lipinski definition) is 3. The third-order valence-corrected chi connectivity index (χ3v) is 0.982. The molecule has 0 aromatic carbocycles. The van der Waals surface area contributed by atoms with Crippen LogP contribution >= 0.6 is 0 Å². The summed E-state index contributed by atoms with van der Waals surface area (Å²) in [5.41, 5.74) is 0. The lowest BCUT2D eigenvalue weighted by molar-refractivity contribution is -0.116. The van der Waals surface area contributed by atoms with E-state index in [-0.39, 0.29) is 12.6 Å².